The number of alkyl halides is 3. The lowest BCUT2D eigenvalue weighted by molar-refractivity contribution is -0.148. The Bertz CT molecular complexity index is 524. The summed E-state index contributed by atoms with van der Waals surface area (Å²) in [7, 11) is 1.26. The Balaban J connectivity index is 3.38. The lowest BCUT2D eigenvalue weighted by Gasteiger charge is -2.22. The highest BCUT2D eigenvalue weighted by Gasteiger charge is 2.37. The average molecular weight is 355 g/mol. The molecule has 7 heteroatoms. The summed E-state index contributed by atoms with van der Waals surface area (Å²) in [5, 5.41) is 9.05. The summed E-state index contributed by atoms with van der Waals surface area (Å²) in [6, 6.07) is 2.13. The molecule has 0 aliphatic rings. The Kier molecular flexibility index (Phi) is 4.74. The molecule has 0 radical (unpaired) electrons. The first-order valence-electron chi connectivity index (χ1n) is 5.66. The van der Waals surface area contributed by atoms with E-state index >= 15 is 0 Å². The third-order valence-corrected chi connectivity index (χ3v) is 3.51. The van der Waals surface area contributed by atoms with E-state index in [1.165, 1.54) is 27.0 Å². The summed E-state index contributed by atoms with van der Waals surface area (Å²) in [6.45, 7) is 2.77. The molecule has 20 heavy (non-hydrogen) atoms. The zero-order valence-electron chi connectivity index (χ0n) is 11.1. The maximum atomic E-state index is 13.1. The van der Waals surface area contributed by atoms with Crippen molar-refractivity contribution in [2.24, 2.45) is 5.41 Å². The molecule has 0 aliphatic carbocycles. The maximum Gasteiger partial charge on any atom is 0.416 e. The van der Waals surface area contributed by atoms with Crippen molar-refractivity contribution in [1.82, 2.24) is 0 Å². The summed E-state index contributed by atoms with van der Waals surface area (Å²) < 4.78 is 44.4. The molecule has 112 valence electrons. The molecule has 1 rings (SSSR count). The Morgan fingerprint density at radius 2 is 1.90 bits per heavy atom. The Morgan fingerprint density at radius 3 is 2.30 bits per heavy atom. The fraction of sp³-hybridized carbons (Fsp3) is 0.462. The molecule has 0 amide bonds. The van der Waals surface area contributed by atoms with Crippen LogP contribution in [-0.4, -0.2) is 18.2 Å². The third kappa shape index (κ3) is 3.65. The molecule has 0 aliphatic heterocycles. The topological polar surface area (TPSA) is 46.5 Å². The van der Waals surface area contributed by atoms with Crippen molar-refractivity contribution >= 4 is 21.9 Å². The Morgan fingerprint density at radius 1 is 1.35 bits per heavy atom. The number of carbonyl (C=O) groups is 1. The second-order valence-electron chi connectivity index (χ2n) is 5.01. The number of hydrogen-bond acceptors (Lipinski definition) is 2. The Labute approximate surface area is 122 Å². The van der Waals surface area contributed by atoms with Gasteiger partial charge >= 0.3 is 12.1 Å². The standard InChI is InChI=1S/C13H14BrF3O3/c1-12(2,11(18)19)6-7-4-9(14)10(20-3)5-8(7)13(15,16)17/h4-5H,6H2,1-3H3,(H,18,19). The summed E-state index contributed by atoms with van der Waals surface area (Å²) >= 11 is 3.11. The normalized spacial score (nSPS) is 12.3. The molecule has 1 aromatic rings. The number of hydrogen-bond donors (Lipinski definition) is 1. The van der Waals surface area contributed by atoms with Gasteiger partial charge in [0.15, 0.2) is 0 Å². The molecule has 0 heterocycles. The molecule has 0 saturated heterocycles. The molecule has 1 aromatic carbocycles. The number of methoxy groups -OCH3 is 1. The van der Waals surface area contributed by atoms with Crippen molar-refractivity contribution in [2.75, 3.05) is 7.11 Å². The zero-order valence-corrected chi connectivity index (χ0v) is 12.7. The molecule has 0 aromatic heterocycles. The predicted octanol–water partition coefficient (Wildman–Crippen LogP) is 4.13. The maximum absolute atomic E-state index is 13.1. The Hall–Kier alpha value is -1.24. The minimum absolute atomic E-state index is 0.0502. The van der Waals surface area contributed by atoms with E-state index in [0.717, 1.165) is 6.07 Å². The van der Waals surface area contributed by atoms with Crippen LogP contribution in [0, 0.1) is 5.41 Å². The SMILES string of the molecule is COc1cc(C(F)(F)F)c(CC(C)(C)C(=O)O)cc1Br. The molecule has 0 atom stereocenters. The van der Waals surface area contributed by atoms with Crippen molar-refractivity contribution in [1.29, 1.82) is 0 Å². The molecule has 0 spiro atoms. The second kappa shape index (κ2) is 5.63. The van der Waals surface area contributed by atoms with E-state index in [4.69, 9.17) is 9.84 Å². The highest BCUT2D eigenvalue weighted by Crippen LogP contribution is 2.40. The van der Waals surface area contributed by atoms with E-state index in [9.17, 15) is 18.0 Å². The first kappa shape index (κ1) is 16.8. The molecular weight excluding hydrogens is 341 g/mol. The van der Waals surface area contributed by atoms with E-state index < -0.39 is 23.1 Å². The molecule has 0 unspecified atom stereocenters. The summed E-state index contributed by atoms with van der Waals surface area (Å²) in [4.78, 5) is 11.1. The van der Waals surface area contributed by atoms with Gasteiger partial charge in [0, 0.05) is 0 Å². The van der Waals surface area contributed by atoms with Gasteiger partial charge in [-0.1, -0.05) is 0 Å². The monoisotopic (exact) mass is 354 g/mol. The van der Waals surface area contributed by atoms with Gasteiger partial charge in [0.1, 0.15) is 5.75 Å². The van der Waals surface area contributed by atoms with Crippen LogP contribution in [0.5, 0.6) is 5.75 Å². The third-order valence-electron chi connectivity index (χ3n) is 2.89. The van der Waals surface area contributed by atoms with Crippen LogP contribution in [0.2, 0.25) is 0 Å². The van der Waals surface area contributed by atoms with Gasteiger partial charge < -0.3 is 9.84 Å². The molecule has 0 saturated carbocycles. The van der Waals surface area contributed by atoms with Gasteiger partial charge in [-0.3, -0.25) is 4.79 Å². The second-order valence-corrected chi connectivity index (χ2v) is 5.86. The zero-order chi connectivity index (χ0) is 15.7. The van der Waals surface area contributed by atoms with Crippen LogP contribution >= 0.6 is 15.9 Å². The first-order valence-corrected chi connectivity index (χ1v) is 6.45. The van der Waals surface area contributed by atoms with E-state index in [2.05, 4.69) is 15.9 Å². The summed E-state index contributed by atoms with van der Waals surface area (Å²) in [6.07, 6.45) is -4.81. The molecule has 0 bridgehead atoms. The van der Waals surface area contributed by atoms with Gasteiger partial charge in [0.05, 0.1) is 22.6 Å². The number of carboxylic acid groups (broad SMARTS) is 1. The van der Waals surface area contributed by atoms with E-state index in [1.54, 1.807) is 0 Å². The lowest BCUT2D eigenvalue weighted by atomic mass is 9.84. The number of aliphatic carboxylic acids is 1. The molecule has 0 fully saturated rings. The van der Waals surface area contributed by atoms with Crippen LogP contribution in [-0.2, 0) is 17.4 Å². The summed E-state index contributed by atoms with van der Waals surface area (Å²) in [5.74, 6) is -1.10. The van der Waals surface area contributed by atoms with Crippen LogP contribution in [0.25, 0.3) is 0 Å². The predicted molar refractivity (Wildman–Crippen MR) is 70.8 cm³/mol. The fourth-order valence-corrected chi connectivity index (χ4v) is 2.27. The van der Waals surface area contributed by atoms with Gasteiger partial charge in [-0.2, -0.15) is 13.2 Å². The highest BCUT2D eigenvalue weighted by atomic mass is 79.9. The largest absolute Gasteiger partial charge is 0.496 e. The quantitative estimate of drug-likeness (QED) is 0.884. The van der Waals surface area contributed by atoms with Gasteiger partial charge in [0.2, 0.25) is 0 Å². The van der Waals surface area contributed by atoms with E-state index in [1.807, 2.05) is 0 Å². The van der Waals surface area contributed by atoms with Crippen LogP contribution in [0.1, 0.15) is 25.0 Å². The minimum atomic E-state index is -4.57. The van der Waals surface area contributed by atoms with Crippen LogP contribution in [0.4, 0.5) is 13.2 Å². The van der Waals surface area contributed by atoms with Crippen LogP contribution in [0.15, 0.2) is 16.6 Å². The number of ether oxygens (including phenoxy) is 1. The van der Waals surface area contributed by atoms with Gasteiger partial charge in [-0.25, -0.2) is 0 Å². The number of carboxylic acids is 1. The van der Waals surface area contributed by atoms with Crippen molar-refractivity contribution in [3.05, 3.63) is 27.7 Å². The van der Waals surface area contributed by atoms with Crippen LogP contribution in [0.3, 0.4) is 0 Å². The van der Waals surface area contributed by atoms with Gasteiger partial charge in [0.25, 0.3) is 0 Å². The molecule has 3 nitrogen and oxygen atoms in total. The van der Waals surface area contributed by atoms with Crippen LogP contribution < -0.4 is 4.74 Å². The first-order chi connectivity index (χ1) is 8.99. The summed E-state index contributed by atoms with van der Waals surface area (Å²) in [5.41, 5.74) is -2.27. The van der Waals surface area contributed by atoms with Crippen molar-refractivity contribution in [3.8, 4) is 5.75 Å². The average Bonchev–Trinajstić information content (AvgIpc) is 2.26. The van der Waals surface area contributed by atoms with Crippen molar-refractivity contribution in [2.45, 2.75) is 26.4 Å². The number of halogens is 4. The molecule has 1 N–H and O–H groups in total. The number of rotatable bonds is 4. The lowest BCUT2D eigenvalue weighted by Crippen LogP contribution is -2.27. The van der Waals surface area contributed by atoms with Gasteiger partial charge in [-0.15, -0.1) is 0 Å². The van der Waals surface area contributed by atoms with Gasteiger partial charge in [-0.05, 0) is 53.9 Å². The fourth-order valence-electron chi connectivity index (χ4n) is 1.71. The minimum Gasteiger partial charge on any atom is -0.496 e. The van der Waals surface area contributed by atoms with E-state index in [-0.39, 0.29) is 17.7 Å². The van der Waals surface area contributed by atoms with E-state index in [0.29, 0.717) is 4.47 Å². The van der Waals surface area contributed by atoms with Crippen molar-refractivity contribution in [3.63, 3.8) is 0 Å². The smallest absolute Gasteiger partial charge is 0.416 e. The molecular formula is C13H14BrF3O3. The highest BCUT2D eigenvalue weighted by molar-refractivity contribution is 9.10. The number of benzene rings is 1. The van der Waals surface area contributed by atoms with Crippen molar-refractivity contribution < 1.29 is 27.8 Å².